The van der Waals surface area contributed by atoms with Crippen molar-refractivity contribution in [1.29, 1.82) is 0 Å². The average Bonchev–Trinajstić information content (AvgIpc) is 3.17. The number of aliphatic hydroxyl groups is 2. The maximum absolute atomic E-state index is 10.3. The highest BCUT2D eigenvalue weighted by atomic mass is 127. The van der Waals surface area contributed by atoms with Crippen LogP contribution in [0.2, 0.25) is 0 Å². The van der Waals surface area contributed by atoms with E-state index in [-0.39, 0.29) is 0 Å². The van der Waals surface area contributed by atoms with Gasteiger partial charge in [0.15, 0.2) is 23.2 Å². The van der Waals surface area contributed by atoms with Gasteiger partial charge >= 0.3 is 0 Å². The first-order chi connectivity index (χ1) is 12.2. The maximum Gasteiger partial charge on any atom is 0.167 e. The van der Waals surface area contributed by atoms with Crippen molar-refractivity contribution < 1.29 is 14.9 Å². The molecule has 25 heavy (non-hydrogen) atoms. The van der Waals surface area contributed by atoms with Gasteiger partial charge in [-0.2, -0.15) is 0 Å². The van der Waals surface area contributed by atoms with E-state index in [1.807, 2.05) is 0 Å². The molecule has 3 N–H and O–H groups in total. The van der Waals surface area contributed by atoms with Crippen LogP contribution in [0.5, 0.6) is 0 Å². The fraction of sp³-hybridized carbons (Fsp3) is 0.615. The van der Waals surface area contributed by atoms with Crippen molar-refractivity contribution >= 4 is 39.6 Å². The van der Waals surface area contributed by atoms with Crippen LogP contribution in [-0.4, -0.2) is 65.6 Å². The van der Waals surface area contributed by atoms with E-state index in [1.165, 1.54) is 12.7 Å². The molecule has 2 aromatic rings. The van der Waals surface area contributed by atoms with Gasteiger partial charge in [-0.15, -0.1) is 0 Å². The Hall–Kier alpha value is -1.73. The first-order valence-corrected chi connectivity index (χ1v) is 9.19. The predicted molar refractivity (Wildman–Crippen MR) is 97.3 cm³/mol. The zero-order valence-electron chi connectivity index (χ0n) is 13.1. The Kier molecular flexibility index (Phi) is 5.86. The zero-order valence-corrected chi connectivity index (χ0v) is 15.3. The third kappa shape index (κ3) is 3.62. The van der Waals surface area contributed by atoms with Crippen LogP contribution < -0.4 is 5.32 Å². The Labute approximate surface area is 156 Å². The van der Waals surface area contributed by atoms with Crippen LogP contribution in [0.1, 0.15) is 12.6 Å². The lowest BCUT2D eigenvalue weighted by Gasteiger charge is -2.16. The molecule has 0 radical (unpaired) electrons. The molecular formula is C13H17IN8O3. The predicted octanol–water partition coefficient (Wildman–Crippen LogP) is 0.993. The summed E-state index contributed by atoms with van der Waals surface area (Å²) >= 11 is 2.10. The molecule has 1 aliphatic rings. The second kappa shape index (κ2) is 8.10. The highest BCUT2D eigenvalue weighted by molar-refractivity contribution is 14.1. The Morgan fingerprint density at radius 3 is 2.92 bits per heavy atom. The number of halogens is 1. The largest absolute Gasteiger partial charge is 0.387 e. The third-order valence-corrected chi connectivity index (χ3v) is 4.78. The van der Waals surface area contributed by atoms with Crippen LogP contribution in [0.4, 0.5) is 5.82 Å². The molecule has 0 aliphatic carbocycles. The number of aliphatic hydroxyl groups excluding tert-OH is 2. The number of imidazole rings is 1. The molecule has 0 amide bonds. The maximum atomic E-state index is 10.3. The number of ether oxygens (including phenoxy) is 1. The SMILES string of the molecule is [N-]=[N+]=NCCCNc1ncnc2c1ncn2[C@@H]1O[C@H](CI)C(O)[C@@H]1O. The van der Waals surface area contributed by atoms with Gasteiger partial charge in [0.2, 0.25) is 0 Å². The number of anilines is 1. The number of hydrogen-bond donors (Lipinski definition) is 3. The second-order valence-corrected chi connectivity index (χ2v) is 6.36. The van der Waals surface area contributed by atoms with Crippen molar-refractivity contribution in [1.82, 2.24) is 19.5 Å². The van der Waals surface area contributed by atoms with Gasteiger partial charge in [-0.1, -0.05) is 27.7 Å². The van der Waals surface area contributed by atoms with Gasteiger partial charge in [0.25, 0.3) is 0 Å². The van der Waals surface area contributed by atoms with E-state index in [0.717, 1.165) is 0 Å². The summed E-state index contributed by atoms with van der Waals surface area (Å²) in [6.07, 6.45) is 0.340. The van der Waals surface area contributed by atoms with E-state index in [4.69, 9.17) is 10.3 Å². The highest BCUT2D eigenvalue weighted by Gasteiger charge is 2.43. The van der Waals surface area contributed by atoms with Crippen molar-refractivity contribution in [2.24, 2.45) is 5.11 Å². The van der Waals surface area contributed by atoms with Gasteiger partial charge in [0.1, 0.15) is 18.5 Å². The summed E-state index contributed by atoms with van der Waals surface area (Å²) in [4.78, 5) is 15.4. The van der Waals surface area contributed by atoms with Crippen molar-refractivity contribution in [3.8, 4) is 0 Å². The minimum absolute atomic E-state index is 0.393. The summed E-state index contributed by atoms with van der Waals surface area (Å²) in [5, 5.41) is 26.9. The van der Waals surface area contributed by atoms with Crippen molar-refractivity contribution in [2.75, 3.05) is 22.8 Å². The Morgan fingerprint density at radius 1 is 1.36 bits per heavy atom. The van der Waals surface area contributed by atoms with E-state index in [0.29, 0.717) is 40.9 Å². The minimum Gasteiger partial charge on any atom is -0.387 e. The summed E-state index contributed by atoms with van der Waals surface area (Å²) in [5.74, 6) is 0.545. The molecule has 0 spiro atoms. The molecule has 2 aromatic heterocycles. The molecule has 134 valence electrons. The monoisotopic (exact) mass is 460 g/mol. The standard InChI is InChI=1S/C13H17IN8O3/c14-4-7-9(23)10(24)13(25-7)22-6-19-8-11(17-5-18-12(8)22)16-2-1-3-20-21-15/h5-7,9-10,13,23-24H,1-4H2,(H,16,17,18)/t7-,9?,10+,13-/m1/s1. The fourth-order valence-electron chi connectivity index (χ4n) is 2.66. The van der Waals surface area contributed by atoms with E-state index < -0.39 is 24.5 Å². The second-order valence-electron chi connectivity index (χ2n) is 5.48. The van der Waals surface area contributed by atoms with Gasteiger partial charge in [-0.3, -0.25) is 4.57 Å². The van der Waals surface area contributed by atoms with Crippen LogP contribution in [0.3, 0.4) is 0 Å². The highest BCUT2D eigenvalue weighted by Crippen LogP contribution is 2.32. The zero-order chi connectivity index (χ0) is 17.8. The lowest BCUT2D eigenvalue weighted by Crippen LogP contribution is -2.32. The number of hydrogen-bond acceptors (Lipinski definition) is 8. The number of nitrogens with one attached hydrogen (secondary N) is 1. The number of aromatic nitrogens is 4. The van der Waals surface area contributed by atoms with E-state index >= 15 is 0 Å². The lowest BCUT2D eigenvalue weighted by atomic mass is 10.1. The molecule has 0 bridgehead atoms. The Balaban J connectivity index is 1.80. The molecule has 3 heterocycles. The Morgan fingerprint density at radius 2 is 2.20 bits per heavy atom. The van der Waals surface area contributed by atoms with Crippen LogP contribution in [-0.2, 0) is 4.74 Å². The van der Waals surface area contributed by atoms with Gasteiger partial charge in [-0.05, 0) is 12.0 Å². The molecule has 3 rings (SSSR count). The fourth-order valence-corrected chi connectivity index (χ4v) is 3.38. The van der Waals surface area contributed by atoms with Crippen molar-refractivity contribution in [2.45, 2.75) is 31.0 Å². The number of rotatable bonds is 7. The summed E-state index contributed by atoms with van der Waals surface area (Å²) in [7, 11) is 0. The van der Waals surface area contributed by atoms with E-state index in [1.54, 1.807) is 4.57 Å². The first kappa shape index (κ1) is 18.1. The number of nitrogens with zero attached hydrogens (tertiary/aromatic N) is 7. The minimum atomic E-state index is -1.06. The molecule has 12 heteroatoms. The molecule has 4 atom stereocenters. The van der Waals surface area contributed by atoms with E-state index in [2.05, 4.69) is 52.9 Å². The van der Waals surface area contributed by atoms with E-state index in [9.17, 15) is 10.2 Å². The van der Waals surface area contributed by atoms with Gasteiger partial charge in [-0.25, -0.2) is 15.0 Å². The summed E-state index contributed by atoms with van der Waals surface area (Å²) in [6.45, 7) is 0.958. The molecule has 1 aliphatic heterocycles. The molecule has 0 aromatic carbocycles. The van der Waals surface area contributed by atoms with Crippen LogP contribution in [0.15, 0.2) is 17.8 Å². The summed E-state index contributed by atoms with van der Waals surface area (Å²) in [5.41, 5.74) is 9.30. The first-order valence-electron chi connectivity index (χ1n) is 7.67. The van der Waals surface area contributed by atoms with Crippen molar-refractivity contribution in [3.63, 3.8) is 0 Å². The van der Waals surface area contributed by atoms with Gasteiger partial charge in [0, 0.05) is 22.4 Å². The van der Waals surface area contributed by atoms with Crippen LogP contribution in [0, 0.1) is 0 Å². The normalized spacial score (nSPS) is 25.9. The molecule has 1 unspecified atom stereocenters. The molecule has 1 fully saturated rings. The summed E-state index contributed by atoms with van der Waals surface area (Å²) < 4.78 is 7.90. The number of alkyl halides is 1. The number of fused-ring (bicyclic) bond motifs is 1. The van der Waals surface area contributed by atoms with Crippen LogP contribution >= 0.6 is 22.6 Å². The molecular weight excluding hydrogens is 443 g/mol. The van der Waals surface area contributed by atoms with Crippen molar-refractivity contribution in [3.05, 3.63) is 23.1 Å². The topological polar surface area (TPSA) is 154 Å². The molecule has 11 nitrogen and oxygen atoms in total. The number of azide groups is 1. The molecule has 1 saturated heterocycles. The third-order valence-electron chi connectivity index (χ3n) is 3.91. The Bertz CT molecular complexity index is 780. The summed E-state index contributed by atoms with van der Waals surface area (Å²) in [6, 6.07) is 0. The quantitative estimate of drug-likeness (QED) is 0.139. The lowest BCUT2D eigenvalue weighted by molar-refractivity contribution is -0.0283. The van der Waals surface area contributed by atoms with Gasteiger partial charge < -0.3 is 20.3 Å². The van der Waals surface area contributed by atoms with Gasteiger partial charge in [0.05, 0.1) is 12.4 Å². The van der Waals surface area contributed by atoms with Crippen LogP contribution in [0.25, 0.3) is 21.6 Å². The molecule has 0 saturated carbocycles. The average molecular weight is 460 g/mol. The smallest absolute Gasteiger partial charge is 0.167 e.